The van der Waals surface area contributed by atoms with Crippen molar-refractivity contribution in [2.75, 3.05) is 0 Å². The van der Waals surface area contributed by atoms with Crippen molar-refractivity contribution in [2.45, 2.75) is 25.8 Å². The Kier molecular flexibility index (Phi) is 4.68. The number of carbonyl (C=O) groups is 1. The summed E-state index contributed by atoms with van der Waals surface area (Å²) in [6.45, 7) is -2.36. The highest BCUT2D eigenvalue weighted by atomic mass is 19.4. The zero-order chi connectivity index (χ0) is 14.6. The molecule has 0 aliphatic carbocycles. The number of hydrogen-bond acceptors (Lipinski definition) is 2. The molecular formula is C11H10F5NO2. The van der Waals surface area contributed by atoms with Crippen LogP contribution in [0, 0.1) is 0 Å². The van der Waals surface area contributed by atoms with Crippen LogP contribution in [0.1, 0.15) is 18.5 Å². The van der Waals surface area contributed by atoms with Gasteiger partial charge in [-0.3, -0.25) is 4.79 Å². The molecule has 1 atom stereocenters. The number of halogens is 5. The Morgan fingerprint density at radius 3 is 2.32 bits per heavy atom. The molecule has 0 aromatic heterocycles. The molecule has 0 saturated heterocycles. The number of alkyl halides is 5. The molecule has 106 valence electrons. The first-order chi connectivity index (χ1) is 8.71. The van der Waals surface area contributed by atoms with Crippen molar-refractivity contribution in [1.82, 2.24) is 5.32 Å². The van der Waals surface area contributed by atoms with E-state index in [2.05, 4.69) is 4.74 Å². The van der Waals surface area contributed by atoms with E-state index in [0.29, 0.717) is 0 Å². The summed E-state index contributed by atoms with van der Waals surface area (Å²) >= 11 is 0. The summed E-state index contributed by atoms with van der Waals surface area (Å²) in [5.41, 5.74) is -0.578. The predicted molar refractivity (Wildman–Crippen MR) is 55.7 cm³/mol. The molecule has 0 fully saturated rings. The fraction of sp³-hybridized carbons (Fsp3) is 0.364. The molecule has 8 heteroatoms. The molecule has 0 spiro atoms. The Hall–Kier alpha value is -1.86. The first-order valence-corrected chi connectivity index (χ1v) is 5.09. The number of nitrogens with one attached hydrogen (secondary N) is 1. The zero-order valence-corrected chi connectivity index (χ0v) is 9.67. The van der Waals surface area contributed by atoms with Gasteiger partial charge in [-0.05, 0) is 6.07 Å². The van der Waals surface area contributed by atoms with Gasteiger partial charge in [-0.2, -0.15) is 22.0 Å². The van der Waals surface area contributed by atoms with Crippen molar-refractivity contribution in [3.63, 3.8) is 0 Å². The second-order valence-electron chi connectivity index (χ2n) is 3.59. The predicted octanol–water partition coefficient (Wildman–Crippen LogP) is 3.03. The van der Waals surface area contributed by atoms with Crippen LogP contribution >= 0.6 is 0 Å². The second-order valence-corrected chi connectivity index (χ2v) is 3.59. The van der Waals surface area contributed by atoms with E-state index >= 15 is 0 Å². The van der Waals surface area contributed by atoms with E-state index in [-0.39, 0.29) is 0 Å². The third kappa shape index (κ3) is 4.38. The summed E-state index contributed by atoms with van der Waals surface area (Å²) < 4.78 is 66.8. The van der Waals surface area contributed by atoms with Gasteiger partial charge in [0.15, 0.2) is 6.04 Å². The maximum atomic E-state index is 12.8. The molecule has 0 unspecified atom stereocenters. The molecule has 1 aromatic rings. The molecule has 0 aliphatic rings. The van der Waals surface area contributed by atoms with E-state index in [1.54, 1.807) is 5.32 Å². The molecule has 0 radical (unpaired) electrons. The van der Waals surface area contributed by atoms with Gasteiger partial charge in [0.2, 0.25) is 5.91 Å². The van der Waals surface area contributed by atoms with Gasteiger partial charge in [-0.15, -0.1) is 0 Å². The minimum Gasteiger partial charge on any atom is -0.434 e. The van der Waals surface area contributed by atoms with E-state index in [4.69, 9.17) is 0 Å². The van der Waals surface area contributed by atoms with Crippen LogP contribution < -0.4 is 10.1 Å². The summed E-state index contributed by atoms with van der Waals surface area (Å²) in [7, 11) is 0. The van der Waals surface area contributed by atoms with Crippen molar-refractivity contribution >= 4 is 5.91 Å². The summed E-state index contributed by atoms with van der Waals surface area (Å²) in [5.74, 6) is -1.57. The van der Waals surface area contributed by atoms with Crippen molar-refractivity contribution in [2.24, 2.45) is 0 Å². The number of ether oxygens (including phenoxy) is 1. The number of para-hydroxylation sites is 1. The van der Waals surface area contributed by atoms with Gasteiger partial charge in [0.1, 0.15) is 5.75 Å². The molecule has 0 heterocycles. The highest BCUT2D eigenvalue weighted by molar-refractivity contribution is 5.73. The summed E-state index contributed by atoms with van der Waals surface area (Å²) in [5, 5.41) is 1.66. The number of rotatable bonds is 4. The maximum Gasteiger partial charge on any atom is 0.413 e. The SMILES string of the molecule is CC(=O)N[C@@H](c1ccccc1OC(F)F)C(F)(F)F. The Labute approximate surface area is 105 Å². The van der Waals surface area contributed by atoms with Gasteiger partial charge in [-0.25, -0.2) is 0 Å². The lowest BCUT2D eigenvalue weighted by Gasteiger charge is -2.23. The monoisotopic (exact) mass is 283 g/mol. The molecule has 0 aliphatic heterocycles. The van der Waals surface area contributed by atoms with Gasteiger partial charge in [0.05, 0.1) is 0 Å². The minimum atomic E-state index is -4.83. The molecule has 1 rings (SSSR count). The van der Waals surface area contributed by atoms with E-state index in [0.717, 1.165) is 19.1 Å². The molecule has 19 heavy (non-hydrogen) atoms. The van der Waals surface area contributed by atoms with Crippen LogP contribution in [-0.2, 0) is 4.79 Å². The average molecular weight is 283 g/mol. The quantitative estimate of drug-likeness (QED) is 0.863. The number of hydrogen-bond donors (Lipinski definition) is 1. The highest BCUT2D eigenvalue weighted by Gasteiger charge is 2.43. The fourth-order valence-electron chi connectivity index (χ4n) is 1.46. The van der Waals surface area contributed by atoms with Gasteiger partial charge >= 0.3 is 12.8 Å². The van der Waals surface area contributed by atoms with Crippen molar-refractivity contribution in [3.8, 4) is 5.75 Å². The Morgan fingerprint density at radius 2 is 1.84 bits per heavy atom. The second kappa shape index (κ2) is 5.85. The maximum absolute atomic E-state index is 12.8. The third-order valence-corrected chi connectivity index (χ3v) is 2.12. The molecule has 3 nitrogen and oxygen atoms in total. The van der Waals surface area contributed by atoms with E-state index < -0.39 is 36.0 Å². The lowest BCUT2D eigenvalue weighted by atomic mass is 10.1. The summed E-state index contributed by atoms with van der Waals surface area (Å²) in [4.78, 5) is 10.8. The third-order valence-electron chi connectivity index (χ3n) is 2.12. The zero-order valence-electron chi connectivity index (χ0n) is 9.67. The van der Waals surface area contributed by atoms with Crippen LogP contribution in [0.3, 0.4) is 0 Å². The number of benzene rings is 1. The average Bonchev–Trinajstić information content (AvgIpc) is 2.24. The van der Waals surface area contributed by atoms with Crippen LogP contribution in [-0.4, -0.2) is 18.7 Å². The fourth-order valence-corrected chi connectivity index (χ4v) is 1.46. The highest BCUT2D eigenvalue weighted by Crippen LogP contribution is 2.37. The van der Waals surface area contributed by atoms with Crippen LogP contribution in [0.25, 0.3) is 0 Å². The van der Waals surface area contributed by atoms with E-state index in [1.165, 1.54) is 12.1 Å². The van der Waals surface area contributed by atoms with Gasteiger partial charge < -0.3 is 10.1 Å². The van der Waals surface area contributed by atoms with Crippen molar-refractivity contribution < 1.29 is 31.5 Å². The minimum absolute atomic E-state index is 0.578. The first-order valence-electron chi connectivity index (χ1n) is 5.09. The number of amides is 1. The Morgan fingerprint density at radius 1 is 1.26 bits per heavy atom. The largest absolute Gasteiger partial charge is 0.434 e. The lowest BCUT2D eigenvalue weighted by Crippen LogP contribution is -2.37. The first kappa shape index (κ1) is 15.2. The molecule has 1 amide bonds. The topological polar surface area (TPSA) is 38.3 Å². The lowest BCUT2D eigenvalue weighted by molar-refractivity contribution is -0.163. The molecular weight excluding hydrogens is 273 g/mol. The van der Waals surface area contributed by atoms with Crippen LogP contribution in [0.4, 0.5) is 22.0 Å². The van der Waals surface area contributed by atoms with Gasteiger partial charge in [0, 0.05) is 12.5 Å². The molecule has 1 N–H and O–H groups in total. The van der Waals surface area contributed by atoms with Gasteiger partial charge in [-0.1, -0.05) is 18.2 Å². The van der Waals surface area contributed by atoms with Crippen molar-refractivity contribution in [3.05, 3.63) is 29.8 Å². The standard InChI is InChI=1S/C11H10F5NO2/c1-6(18)17-9(11(14,15)16)7-4-2-3-5-8(7)19-10(12)13/h2-5,9-10H,1H3,(H,17,18)/t9-/m0/s1. The molecule has 0 saturated carbocycles. The number of carbonyl (C=O) groups excluding carboxylic acids is 1. The van der Waals surface area contributed by atoms with E-state index in [1.807, 2.05) is 0 Å². The molecule has 1 aromatic carbocycles. The Bertz CT molecular complexity index is 447. The van der Waals surface area contributed by atoms with Gasteiger partial charge in [0.25, 0.3) is 0 Å². The molecule has 0 bridgehead atoms. The van der Waals surface area contributed by atoms with E-state index in [9.17, 15) is 26.7 Å². The Balaban J connectivity index is 3.18. The summed E-state index contributed by atoms with van der Waals surface area (Å²) in [6.07, 6.45) is -4.83. The van der Waals surface area contributed by atoms with Crippen molar-refractivity contribution in [1.29, 1.82) is 0 Å². The summed E-state index contributed by atoms with van der Waals surface area (Å²) in [6, 6.07) is 2.02. The normalized spacial score (nSPS) is 13.2. The van der Waals surface area contributed by atoms with Crippen LogP contribution in [0.5, 0.6) is 5.75 Å². The smallest absolute Gasteiger partial charge is 0.413 e. The van der Waals surface area contributed by atoms with Crippen LogP contribution in [0.15, 0.2) is 24.3 Å². The van der Waals surface area contributed by atoms with Crippen LogP contribution in [0.2, 0.25) is 0 Å².